The van der Waals surface area contributed by atoms with Crippen LogP contribution in [0.3, 0.4) is 0 Å². The van der Waals surface area contributed by atoms with Crippen molar-refractivity contribution in [3.8, 4) is 0 Å². The molecule has 1 atom stereocenters. The average Bonchev–Trinajstić information content (AvgIpc) is 3.59. The molecule has 0 radical (unpaired) electrons. The molecule has 1 saturated heterocycles. The number of tetrazole rings is 1. The first-order valence-corrected chi connectivity index (χ1v) is 17.5. The number of hydrogen-bond donors (Lipinski definition) is 2. The van der Waals surface area contributed by atoms with Crippen molar-refractivity contribution in [2.75, 3.05) is 19.6 Å². The summed E-state index contributed by atoms with van der Waals surface area (Å²) in [7, 11) is 0. The Kier molecular flexibility index (Phi) is 10.2. The molecular weight excluding hydrogens is 691 g/mol. The van der Waals surface area contributed by atoms with Gasteiger partial charge in [0.05, 0.1) is 12.6 Å². The molecule has 1 aromatic heterocycles. The molecule has 2 aromatic rings. The number of benzene rings is 1. The van der Waals surface area contributed by atoms with Gasteiger partial charge in [-0.25, -0.2) is 0 Å². The third-order valence-electron chi connectivity index (χ3n) is 9.04. The van der Waals surface area contributed by atoms with Gasteiger partial charge in [0, 0.05) is 47.2 Å². The predicted molar refractivity (Wildman–Crippen MR) is 189 cm³/mol. The summed E-state index contributed by atoms with van der Waals surface area (Å²) in [6, 6.07) is 6.20. The largest absolute Gasteiger partial charge is 0.345 e. The molecule has 11 heteroatoms. The Morgan fingerprint density at radius 2 is 1.80 bits per heavy atom. The van der Waals surface area contributed by atoms with E-state index >= 15 is 0 Å². The number of carbonyl (C=O) groups is 2. The van der Waals surface area contributed by atoms with Gasteiger partial charge in [-0.2, -0.15) is 5.21 Å². The average molecular weight is 741 g/mol. The minimum Gasteiger partial charge on any atom is -0.345 e. The van der Waals surface area contributed by atoms with Gasteiger partial charge in [-0.15, -0.1) is 10.2 Å². The number of hydrogen-bond acceptors (Lipinski definition) is 7. The van der Waals surface area contributed by atoms with Crippen molar-refractivity contribution in [3.63, 3.8) is 0 Å². The molecule has 2 N–H and O–H groups in total. The fourth-order valence-corrected chi connectivity index (χ4v) is 7.73. The van der Waals surface area contributed by atoms with E-state index in [1.165, 1.54) is 5.57 Å². The Morgan fingerprint density at radius 3 is 2.39 bits per heavy atom. The SMILES string of the molecule is Cc1cc(I)cc(C2=NC3(CCN(CC(C)(C)C)CC3)N(C(CCC(C)(C)C)C3=CC=C(C(=O)NCc4nn[nH]n4)CC3)C2=O)c1. The van der Waals surface area contributed by atoms with E-state index in [1.807, 2.05) is 6.08 Å². The molecule has 46 heavy (non-hydrogen) atoms. The monoisotopic (exact) mass is 740 g/mol. The van der Waals surface area contributed by atoms with E-state index in [1.54, 1.807) is 0 Å². The lowest BCUT2D eigenvalue weighted by Crippen LogP contribution is -2.58. The second-order valence-corrected chi connectivity index (χ2v) is 16.8. The summed E-state index contributed by atoms with van der Waals surface area (Å²) in [6.45, 7) is 18.7. The highest BCUT2D eigenvalue weighted by Gasteiger charge is 2.52. The molecule has 10 nitrogen and oxygen atoms in total. The Labute approximate surface area is 287 Å². The number of nitrogens with one attached hydrogen (secondary N) is 2. The van der Waals surface area contributed by atoms with E-state index in [4.69, 9.17) is 4.99 Å². The van der Waals surface area contributed by atoms with Crippen LogP contribution in [0.4, 0.5) is 0 Å². The molecule has 2 amide bonds. The van der Waals surface area contributed by atoms with Gasteiger partial charge in [-0.05, 0) is 95.4 Å². The molecule has 3 heterocycles. The van der Waals surface area contributed by atoms with Crippen LogP contribution in [0.25, 0.3) is 0 Å². The Balaban J connectivity index is 1.48. The number of H-pyrrole nitrogens is 1. The van der Waals surface area contributed by atoms with Crippen LogP contribution >= 0.6 is 22.6 Å². The first-order valence-electron chi connectivity index (χ1n) is 16.5. The Bertz CT molecular complexity index is 1500. The van der Waals surface area contributed by atoms with Gasteiger partial charge in [0.25, 0.3) is 5.91 Å². The summed E-state index contributed by atoms with van der Waals surface area (Å²) in [5.74, 6) is 0.331. The highest BCUT2D eigenvalue weighted by Crippen LogP contribution is 2.43. The van der Waals surface area contributed by atoms with Crippen LogP contribution in [0.2, 0.25) is 0 Å². The van der Waals surface area contributed by atoms with Crippen LogP contribution in [0.5, 0.6) is 0 Å². The lowest BCUT2D eigenvalue weighted by Gasteiger charge is -2.48. The van der Waals surface area contributed by atoms with Gasteiger partial charge < -0.3 is 15.1 Å². The second-order valence-electron chi connectivity index (χ2n) is 15.5. The number of piperidine rings is 1. The summed E-state index contributed by atoms with van der Waals surface area (Å²) in [4.78, 5) is 37.8. The van der Waals surface area contributed by atoms with Gasteiger partial charge in [-0.3, -0.25) is 14.6 Å². The molecule has 5 rings (SSSR count). The number of halogens is 1. The number of aromatic amines is 1. The summed E-state index contributed by atoms with van der Waals surface area (Å²) in [6.07, 6.45) is 8.75. The van der Waals surface area contributed by atoms with Crippen LogP contribution < -0.4 is 5.32 Å². The fourth-order valence-electron chi connectivity index (χ4n) is 6.90. The molecule has 1 aromatic carbocycles. The fraction of sp³-hybridized carbons (Fsp3) is 0.600. The first-order chi connectivity index (χ1) is 21.6. The molecule has 0 bridgehead atoms. The minimum atomic E-state index is -0.592. The van der Waals surface area contributed by atoms with Crippen molar-refractivity contribution in [1.82, 2.24) is 35.7 Å². The van der Waals surface area contributed by atoms with Gasteiger partial charge in [0.15, 0.2) is 5.82 Å². The zero-order valence-electron chi connectivity index (χ0n) is 28.4. The van der Waals surface area contributed by atoms with Crippen molar-refractivity contribution < 1.29 is 9.59 Å². The highest BCUT2D eigenvalue weighted by atomic mass is 127. The summed E-state index contributed by atoms with van der Waals surface area (Å²) >= 11 is 2.33. The Hall–Kier alpha value is -2.93. The van der Waals surface area contributed by atoms with Crippen molar-refractivity contribution in [1.29, 1.82) is 0 Å². The number of likely N-dealkylation sites (tertiary alicyclic amines) is 1. The third-order valence-corrected chi connectivity index (χ3v) is 9.66. The van der Waals surface area contributed by atoms with E-state index in [0.29, 0.717) is 30.0 Å². The molecular formula is C35H49IN8O2. The number of carbonyl (C=O) groups excluding carboxylic acids is 2. The van der Waals surface area contributed by atoms with Gasteiger partial charge >= 0.3 is 0 Å². The maximum absolute atomic E-state index is 14.7. The standard InChI is InChI=1S/C35H49IN8O2/c1-23-18-26(20-27(36)19-23)30-32(46)44(35(38-30)14-16-43(17-15-35)22-34(5,6)7)28(12-13-33(2,3)4)24-8-10-25(11-9-24)31(45)37-21-29-39-41-42-40-29/h8,10,18-20,28H,9,11-17,21-22H2,1-7H3,(H,37,45)(H,39,40,41,42). The molecule has 1 fully saturated rings. The Morgan fingerprint density at radius 1 is 1.07 bits per heavy atom. The summed E-state index contributed by atoms with van der Waals surface area (Å²) < 4.78 is 1.10. The van der Waals surface area contributed by atoms with E-state index < -0.39 is 5.66 Å². The van der Waals surface area contributed by atoms with Crippen LogP contribution in [-0.2, 0) is 16.1 Å². The highest BCUT2D eigenvalue weighted by molar-refractivity contribution is 14.1. The lowest BCUT2D eigenvalue weighted by atomic mass is 9.82. The zero-order valence-corrected chi connectivity index (χ0v) is 30.6. The van der Waals surface area contributed by atoms with E-state index in [0.717, 1.165) is 60.0 Å². The number of nitrogens with zero attached hydrogens (tertiary/aromatic N) is 6. The number of rotatable bonds is 9. The second kappa shape index (κ2) is 13.7. The normalized spacial score (nSPS) is 19.6. The van der Waals surface area contributed by atoms with Crippen molar-refractivity contribution in [3.05, 3.63) is 62.0 Å². The molecule has 1 unspecified atom stereocenters. The van der Waals surface area contributed by atoms with Crippen molar-refractivity contribution >= 4 is 40.1 Å². The van der Waals surface area contributed by atoms with Crippen LogP contribution in [0.15, 0.2) is 46.5 Å². The predicted octanol–water partition coefficient (Wildman–Crippen LogP) is 5.74. The van der Waals surface area contributed by atoms with Crippen molar-refractivity contribution in [2.24, 2.45) is 15.8 Å². The molecule has 2 aliphatic heterocycles. The van der Waals surface area contributed by atoms with Gasteiger partial charge in [-0.1, -0.05) is 58.9 Å². The maximum atomic E-state index is 14.7. The third kappa shape index (κ3) is 8.31. The first kappa shape index (κ1) is 34.4. The van der Waals surface area contributed by atoms with E-state index in [-0.39, 0.29) is 35.2 Å². The van der Waals surface area contributed by atoms with Gasteiger partial charge in [0.2, 0.25) is 5.91 Å². The van der Waals surface area contributed by atoms with Gasteiger partial charge in [0.1, 0.15) is 11.4 Å². The number of aryl methyl sites for hydroxylation is 1. The summed E-state index contributed by atoms with van der Waals surface area (Å²) in [5.41, 5.74) is 4.23. The number of aromatic nitrogens is 4. The molecule has 0 saturated carbocycles. The molecule has 1 aliphatic carbocycles. The molecule has 3 aliphatic rings. The van der Waals surface area contributed by atoms with Crippen LogP contribution in [-0.4, -0.2) is 79.3 Å². The van der Waals surface area contributed by atoms with Crippen molar-refractivity contribution in [2.45, 2.75) is 105 Å². The van der Waals surface area contributed by atoms with Crippen LogP contribution in [0.1, 0.15) is 97.0 Å². The smallest absolute Gasteiger partial charge is 0.275 e. The lowest BCUT2D eigenvalue weighted by molar-refractivity contribution is -0.132. The minimum absolute atomic E-state index is 0.0260. The summed E-state index contributed by atoms with van der Waals surface area (Å²) in [5, 5.41) is 16.7. The molecule has 248 valence electrons. The van der Waals surface area contributed by atoms with E-state index in [2.05, 4.69) is 131 Å². The number of aliphatic imine (C=N–C) groups is 1. The van der Waals surface area contributed by atoms with E-state index in [9.17, 15) is 9.59 Å². The zero-order chi connectivity index (χ0) is 33.3. The maximum Gasteiger partial charge on any atom is 0.275 e. The number of amides is 2. The number of allylic oxidation sites excluding steroid dienone is 2. The van der Waals surface area contributed by atoms with Crippen LogP contribution in [0, 0.1) is 21.3 Å². The molecule has 1 spiro atoms. The quantitative estimate of drug-likeness (QED) is 0.317. The topological polar surface area (TPSA) is 119 Å².